The molecular weight excluding hydrogens is 849 g/mol. The first-order chi connectivity index (χ1) is 31.3. The van der Waals surface area contributed by atoms with Crippen LogP contribution in [0.4, 0.5) is 17.1 Å². The van der Waals surface area contributed by atoms with Crippen molar-refractivity contribution < 1.29 is 17.4 Å². The van der Waals surface area contributed by atoms with E-state index in [4.69, 9.17) is 4.42 Å². The van der Waals surface area contributed by atoms with Gasteiger partial charge in [-0.05, 0) is 85.2 Å². The van der Waals surface area contributed by atoms with E-state index in [2.05, 4.69) is 145 Å². The van der Waals surface area contributed by atoms with Gasteiger partial charge in [0.15, 0.2) is 0 Å². The Morgan fingerprint density at radius 3 is 1.97 bits per heavy atom. The van der Waals surface area contributed by atoms with Crippen LogP contribution in [0, 0.1) is 0 Å². The van der Waals surface area contributed by atoms with Gasteiger partial charge >= 0.3 is 0 Å². The van der Waals surface area contributed by atoms with E-state index in [1.807, 2.05) is 47.8 Å². The van der Waals surface area contributed by atoms with E-state index in [0.29, 0.717) is 22.5 Å². The lowest BCUT2D eigenvalue weighted by atomic mass is 9.93. The van der Waals surface area contributed by atoms with Crippen LogP contribution in [0.15, 0.2) is 189 Å². The van der Waals surface area contributed by atoms with Crippen molar-refractivity contribution in [3.8, 4) is 22.5 Å². The fourth-order valence-electron chi connectivity index (χ4n) is 8.53. The van der Waals surface area contributed by atoms with Crippen molar-refractivity contribution in [2.24, 2.45) is 0 Å². The van der Waals surface area contributed by atoms with E-state index in [1.165, 1.54) is 27.0 Å². The summed E-state index contributed by atoms with van der Waals surface area (Å²) in [6.45, 7) is 5.98. The molecule has 0 spiro atoms. The molecule has 0 saturated carbocycles. The number of aryl methyl sites for hydroxylation is 2. The highest BCUT2D eigenvalue weighted by Gasteiger charge is 2.24. The molecule has 1 aliphatic heterocycles. The van der Waals surface area contributed by atoms with Crippen molar-refractivity contribution in [2.75, 3.05) is 29.5 Å². The smallest absolute Gasteiger partial charge is 0.209 e. The topological polar surface area (TPSA) is 76.6 Å². The normalized spacial score (nSPS) is 12.2. The average Bonchev–Trinajstić information content (AvgIpc) is 3.32. The summed E-state index contributed by atoms with van der Waals surface area (Å²) >= 11 is 3.72. The maximum Gasteiger partial charge on any atom is 0.209 e. The lowest BCUT2D eigenvalue weighted by Crippen LogP contribution is -2.28. The Balaban J connectivity index is 1.30. The minimum absolute atomic E-state index is 0.256. The molecule has 1 heterocycles. The lowest BCUT2D eigenvalue weighted by molar-refractivity contribution is 0.463. The van der Waals surface area contributed by atoms with Crippen molar-refractivity contribution in [3.05, 3.63) is 186 Å². The Bertz CT molecular complexity index is 2970. The molecule has 0 bridgehead atoms. The van der Waals surface area contributed by atoms with E-state index in [-0.39, 0.29) is 4.90 Å². The summed E-state index contributed by atoms with van der Waals surface area (Å²) < 4.78 is 48.1. The fraction of sp³-hybridized carbons (Fsp3) is 0.218. The number of hydrogen-bond donors (Lipinski definition) is 0. The van der Waals surface area contributed by atoms with E-state index >= 15 is 0 Å². The summed E-state index contributed by atoms with van der Waals surface area (Å²) in [4.78, 5) is 4.64. The number of fused-ring (bicyclic) bond motifs is 2. The van der Waals surface area contributed by atoms with Crippen molar-refractivity contribution in [3.63, 3.8) is 0 Å². The van der Waals surface area contributed by atoms with E-state index in [0.717, 1.165) is 96.5 Å². The third-order valence-electron chi connectivity index (χ3n) is 11.4. The minimum atomic E-state index is -4.82. The summed E-state index contributed by atoms with van der Waals surface area (Å²) in [5.41, 5.74) is 8.19. The Morgan fingerprint density at radius 2 is 1.25 bits per heavy atom. The second kappa shape index (κ2) is 21.4. The third kappa shape index (κ3) is 10.7. The monoisotopic (exact) mass is 902 g/mol. The van der Waals surface area contributed by atoms with Crippen LogP contribution in [0.2, 0.25) is 0 Å². The molecule has 6 aromatic rings. The van der Waals surface area contributed by atoms with Gasteiger partial charge in [0.25, 0.3) is 0 Å². The average molecular weight is 903 g/mol. The minimum Gasteiger partial charge on any atom is -0.744 e. The highest BCUT2D eigenvalue weighted by molar-refractivity contribution is 7.99. The molecule has 0 fully saturated rings. The van der Waals surface area contributed by atoms with Gasteiger partial charge in [0.2, 0.25) is 11.0 Å². The molecule has 64 heavy (non-hydrogen) atoms. The first kappa shape index (κ1) is 45.0. The predicted molar refractivity (Wildman–Crippen MR) is 267 cm³/mol. The Kier molecular flexibility index (Phi) is 15.0. The van der Waals surface area contributed by atoms with E-state index in [1.54, 1.807) is 18.2 Å². The molecule has 6 aromatic carbocycles. The molecule has 0 unspecified atom stereocenters. The SMILES string of the molecule is CCCc1ccccc1N(CCCSc1ccccc1)c1ccc2c(-c3ccccc3S(=O)(=O)[O-])c3ccc(=[N+](CCCSc4ccccc4)c4ccccc4CCC)cc-3oc2c1. The second-order valence-corrected chi connectivity index (χ2v) is 19.6. The van der Waals surface area contributed by atoms with Gasteiger partial charge in [-0.25, -0.2) is 8.42 Å². The Labute approximate surface area is 386 Å². The van der Waals surface area contributed by atoms with Gasteiger partial charge in [-0.2, -0.15) is 4.58 Å². The van der Waals surface area contributed by atoms with Gasteiger partial charge in [0, 0.05) is 85.7 Å². The number of para-hydroxylation sites is 2. The molecule has 0 saturated heterocycles. The zero-order chi connectivity index (χ0) is 44.3. The summed E-state index contributed by atoms with van der Waals surface area (Å²) in [6.07, 6.45) is 5.82. The number of thioether (sulfide) groups is 2. The maximum absolute atomic E-state index is 12.9. The third-order valence-corrected chi connectivity index (χ3v) is 14.5. The van der Waals surface area contributed by atoms with Crippen LogP contribution in [0.25, 0.3) is 33.4 Å². The van der Waals surface area contributed by atoms with Crippen LogP contribution in [0.5, 0.6) is 0 Å². The van der Waals surface area contributed by atoms with Crippen LogP contribution in [-0.4, -0.2) is 37.6 Å². The van der Waals surface area contributed by atoms with Crippen LogP contribution >= 0.6 is 23.5 Å². The van der Waals surface area contributed by atoms with E-state index < -0.39 is 10.1 Å². The molecule has 0 aromatic heterocycles. The molecule has 6 nitrogen and oxygen atoms in total. The first-order valence-electron chi connectivity index (χ1n) is 22.3. The summed E-state index contributed by atoms with van der Waals surface area (Å²) in [7, 11) is -4.82. The number of benzene rings is 7. The zero-order valence-electron chi connectivity index (χ0n) is 36.5. The fourth-order valence-corrected chi connectivity index (χ4v) is 10.9. The van der Waals surface area contributed by atoms with Crippen LogP contribution < -0.4 is 14.8 Å². The standard InChI is InChI=1S/C55H54N2O4S3/c1-3-19-41-21-11-14-28-50(41)56(35-17-37-62-45-23-7-5-8-24-45)43-31-33-47-52(39-43)61-53-40-44(32-34-48(53)55(47)49-27-13-16-30-54(49)64(58,59)60)57(51-29-15-12-22-42(51)20-4-2)36-18-38-63-46-25-9-6-10-26-46/h5-16,21-34,39-40H,3-4,17-20,35-38H2,1-2H3. The predicted octanol–water partition coefficient (Wildman–Crippen LogP) is 13.6. The van der Waals surface area contributed by atoms with Gasteiger partial charge in [0.1, 0.15) is 28.0 Å². The summed E-state index contributed by atoms with van der Waals surface area (Å²) in [5.74, 6) is 2.51. The number of nitrogens with zero attached hydrogens (tertiary/aromatic N) is 2. The Morgan fingerprint density at radius 1 is 0.625 bits per heavy atom. The molecule has 1 aliphatic carbocycles. The van der Waals surface area contributed by atoms with Gasteiger partial charge in [-0.15, -0.1) is 23.5 Å². The summed E-state index contributed by atoms with van der Waals surface area (Å²) in [6, 6.07) is 57.2. The quantitative estimate of drug-likeness (QED) is 0.0263. The lowest BCUT2D eigenvalue weighted by Gasteiger charge is -2.28. The van der Waals surface area contributed by atoms with Crippen LogP contribution in [-0.2, 0) is 23.0 Å². The molecule has 0 radical (unpaired) electrons. The molecule has 9 heteroatoms. The van der Waals surface area contributed by atoms with Gasteiger partial charge in [-0.1, -0.05) is 118 Å². The Hall–Kier alpha value is -5.58. The number of anilines is 2. The van der Waals surface area contributed by atoms with Crippen molar-refractivity contribution in [1.29, 1.82) is 0 Å². The highest BCUT2D eigenvalue weighted by atomic mass is 32.2. The van der Waals surface area contributed by atoms with Crippen LogP contribution in [0.1, 0.15) is 50.7 Å². The molecule has 2 aliphatic rings. The maximum atomic E-state index is 12.9. The zero-order valence-corrected chi connectivity index (χ0v) is 38.9. The van der Waals surface area contributed by atoms with Crippen LogP contribution in [0.3, 0.4) is 0 Å². The number of hydrogen-bond acceptors (Lipinski definition) is 7. The van der Waals surface area contributed by atoms with Crippen molar-refractivity contribution in [1.82, 2.24) is 4.58 Å². The number of rotatable bonds is 19. The molecular formula is C55H54N2O4S3. The van der Waals surface area contributed by atoms with Gasteiger partial charge in [0.05, 0.1) is 11.0 Å². The molecule has 8 rings (SSSR count). The second-order valence-electron chi connectivity index (χ2n) is 15.9. The van der Waals surface area contributed by atoms with E-state index in [9.17, 15) is 13.0 Å². The first-order valence-corrected chi connectivity index (χ1v) is 25.7. The molecule has 0 N–H and O–H groups in total. The van der Waals surface area contributed by atoms with Crippen molar-refractivity contribution >= 4 is 61.7 Å². The summed E-state index contributed by atoms with van der Waals surface area (Å²) in [5, 5.41) is 1.70. The highest BCUT2D eigenvalue weighted by Crippen LogP contribution is 2.44. The molecule has 326 valence electrons. The molecule has 0 amide bonds. The van der Waals surface area contributed by atoms with Crippen molar-refractivity contribution in [2.45, 2.75) is 67.1 Å². The molecule has 0 atom stereocenters. The largest absolute Gasteiger partial charge is 0.744 e. The van der Waals surface area contributed by atoms with Gasteiger partial charge in [-0.3, -0.25) is 0 Å². The van der Waals surface area contributed by atoms with Gasteiger partial charge < -0.3 is 13.9 Å².